The van der Waals surface area contributed by atoms with Crippen molar-refractivity contribution in [1.29, 1.82) is 0 Å². The standard InChI is InChI=1S/C20H27N/c1-19(2,3)16-13-11-15(12-14-16)18(21)20(4,5)17-9-7-6-8-10-17/h6-14,18H,21H2,1-5H3. The van der Waals surface area contributed by atoms with E-state index in [2.05, 4.69) is 83.1 Å². The third kappa shape index (κ3) is 3.36. The van der Waals surface area contributed by atoms with E-state index in [1.54, 1.807) is 0 Å². The van der Waals surface area contributed by atoms with E-state index in [1.165, 1.54) is 16.7 Å². The molecule has 0 aliphatic carbocycles. The number of benzene rings is 2. The van der Waals surface area contributed by atoms with Crippen molar-refractivity contribution in [2.24, 2.45) is 5.73 Å². The summed E-state index contributed by atoms with van der Waals surface area (Å²) in [5, 5.41) is 0. The Morgan fingerprint density at radius 3 is 1.71 bits per heavy atom. The summed E-state index contributed by atoms with van der Waals surface area (Å²) >= 11 is 0. The molecule has 0 heterocycles. The van der Waals surface area contributed by atoms with Crippen LogP contribution >= 0.6 is 0 Å². The average Bonchev–Trinajstić information content (AvgIpc) is 2.46. The zero-order valence-electron chi connectivity index (χ0n) is 13.9. The summed E-state index contributed by atoms with van der Waals surface area (Å²) in [6.45, 7) is 11.1. The first-order chi connectivity index (χ1) is 9.73. The molecule has 0 radical (unpaired) electrons. The highest BCUT2D eigenvalue weighted by Gasteiger charge is 2.29. The molecule has 21 heavy (non-hydrogen) atoms. The Kier molecular flexibility index (Phi) is 4.25. The van der Waals surface area contributed by atoms with Crippen LogP contribution < -0.4 is 5.73 Å². The van der Waals surface area contributed by atoms with Crippen LogP contribution in [0.5, 0.6) is 0 Å². The normalized spacial score (nSPS) is 14.0. The zero-order chi connectivity index (χ0) is 15.7. The molecule has 1 atom stereocenters. The van der Waals surface area contributed by atoms with Gasteiger partial charge in [-0.1, -0.05) is 89.2 Å². The molecule has 0 spiro atoms. The van der Waals surface area contributed by atoms with Crippen LogP contribution in [0.4, 0.5) is 0 Å². The summed E-state index contributed by atoms with van der Waals surface area (Å²) in [4.78, 5) is 0. The maximum atomic E-state index is 6.56. The molecule has 2 rings (SSSR count). The van der Waals surface area contributed by atoms with Gasteiger partial charge in [-0.05, 0) is 22.1 Å². The fourth-order valence-electron chi connectivity index (χ4n) is 2.65. The van der Waals surface area contributed by atoms with Gasteiger partial charge in [-0.3, -0.25) is 0 Å². The first-order valence-electron chi connectivity index (χ1n) is 7.64. The van der Waals surface area contributed by atoms with Gasteiger partial charge in [0.05, 0.1) is 0 Å². The minimum absolute atomic E-state index is 0.0195. The van der Waals surface area contributed by atoms with Crippen LogP contribution in [0.25, 0.3) is 0 Å². The summed E-state index contributed by atoms with van der Waals surface area (Å²) in [5.41, 5.74) is 10.5. The first-order valence-corrected chi connectivity index (χ1v) is 7.64. The molecule has 0 aliphatic heterocycles. The molecule has 0 saturated heterocycles. The lowest BCUT2D eigenvalue weighted by Gasteiger charge is -2.33. The molecule has 112 valence electrons. The average molecular weight is 281 g/mol. The van der Waals surface area contributed by atoms with Crippen LogP contribution in [0.3, 0.4) is 0 Å². The molecule has 2 N–H and O–H groups in total. The minimum atomic E-state index is -0.0927. The zero-order valence-corrected chi connectivity index (χ0v) is 13.9. The third-order valence-electron chi connectivity index (χ3n) is 4.43. The molecule has 2 aromatic carbocycles. The van der Waals surface area contributed by atoms with Crippen LogP contribution in [0.2, 0.25) is 0 Å². The van der Waals surface area contributed by atoms with Gasteiger partial charge in [-0.2, -0.15) is 0 Å². The van der Waals surface area contributed by atoms with Crippen molar-refractivity contribution in [2.75, 3.05) is 0 Å². The van der Waals surface area contributed by atoms with Crippen LogP contribution in [0.15, 0.2) is 54.6 Å². The van der Waals surface area contributed by atoms with Gasteiger partial charge in [0.1, 0.15) is 0 Å². The summed E-state index contributed by atoms with van der Waals surface area (Å²) in [6, 6.07) is 19.3. The van der Waals surface area contributed by atoms with E-state index >= 15 is 0 Å². The lowest BCUT2D eigenvalue weighted by molar-refractivity contribution is 0.420. The maximum Gasteiger partial charge on any atom is 0.0387 e. The van der Waals surface area contributed by atoms with E-state index in [-0.39, 0.29) is 16.9 Å². The number of hydrogen-bond acceptors (Lipinski definition) is 1. The van der Waals surface area contributed by atoms with Gasteiger partial charge in [0.15, 0.2) is 0 Å². The quantitative estimate of drug-likeness (QED) is 0.845. The van der Waals surface area contributed by atoms with Gasteiger partial charge >= 0.3 is 0 Å². The van der Waals surface area contributed by atoms with E-state index in [1.807, 2.05) is 6.07 Å². The Bertz CT molecular complexity index is 573. The van der Waals surface area contributed by atoms with Crippen LogP contribution in [-0.4, -0.2) is 0 Å². The van der Waals surface area contributed by atoms with Crippen LogP contribution in [0, 0.1) is 0 Å². The molecule has 0 amide bonds. The second kappa shape index (κ2) is 5.65. The molecule has 1 heteroatoms. The summed E-state index contributed by atoms with van der Waals surface area (Å²) in [5.74, 6) is 0. The Morgan fingerprint density at radius 1 is 0.714 bits per heavy atom. The van der Waals surface area contributed by atoms with Crippen molar-refractivity contribution in [3.05, 3.63) is 71.3 Å². The third-order valence-corrected chi connectivity index (χ3v) is 4.43. The Labute approximate surface area is 129 Å². The van der Waals surface area contributed by atoms with Gasteiger partial charge < -0.3 is 5.73 Å². The first kappa shape index (κ1) is 15.8. The molecule has 0 aliphatic rings. The Hall–Kier alpha value is -1.60. The monoisotopic (exact) mass is 281 g/mol. The number of hydrogen-bond donors (Lipinski definition) is 1. The minimum Gasteiger partial charge on any atom is -0.323 e. The SMILES string of the molecule is CC(C)(C)c1ccc(C(N)C(C)(C)c2ccccc2)cc1. The molecule has 1 nitrogen and oxygen atoms in total. The van der Waals surface area contributed by atoms with Crippen LogP contribution in [-0.2, 0) is 10.8 Å². The van der Waals surface area contributed by atoms with E-state index in [0.717, 1.165) is 0 Å². The summed E-state index contributed by atoms with van der Waals surface area (Å²) in [7, 11) is 0. The van der Waals surface area contributed by atoms with Crippen molar-refractivity contribution in [3.63, 3.8) is 0 Å². The Balaban J connectivity index is 2.29. The summed E-state index contributed by atoms with van der Waals surface area (Å²) in [6.07, 6.45) is 0. The van der Waals surface area contributed by atoms with E-state index in [0.29, 0.717) is 0 Å². The van der Waals surface area contributed by atoms with Gasteiger partial charge in [0.25, 0.3) is 0 Å². The van der Waals surface area contributed by atoms with Gasteiger partial charge in [-0.15, -0.1) is 0 Å². The highest BCUT2D eigenvalue weighted by molar-refractivity contribution is 5.34. The molecule has 0 saturated carbocycles. The largest absolute Gasteiger partial charge is 0.323 e. The highest BCUT2D eigenvalue weighted by atomic mass is 14.7. The fourth-order valence-corrected chi connectivity index (χ4v) is 2.65. The van der Waals surface area contributed by atoms with Gasteiger partial charge in [0, 0.05) is 11.5 Å². The second-order valence-corrected chi connectivity index (χ2v) is 7.44. The Morgan fingerprint density at radius 2 is 1.24 bits per heavy atom. The molecular weight excluding hydrogens is 254 g/mol. The van der Waals surface area contributed by atoms with Crippen molar-refractivity contribution < 1.29 is 0 Å². The molecule has 0 bridgehead atoms. The van der Waals surface area contributed by atoms with Crippen molar-refractivity contribution in [2.45, 2.75) is 51.5 Å². The number of rotatable bonds is 3. The lowest BCUT2D eigenvalue weighted by atomic mass is 9.75. The second-order valence-electron chi connectivity index (χ2n) is 7.44. The van der Waals surface area contributed by atoms with E-state index in [9.17, 15) is 0 Å². The number of nitrogens with two attached hydrogens (primary N) is 1. The maximum absolute atomic E-state index is 6.56. The van der Waals surface area contributed by atoms with Crippen LogP contribution in [0.1, 0.15) is 57.4 Å². The predicted molar refractivity (Wildman–Crippen MR) is 91.5 cm³/mol. The predicted octanol–water partition coefficient (Wildman–Crippen LogP) is 4.96. The smallest absolute Gasteiger partial charge is 0.0387 e. The van der Waals surface area contributed by atoms with Gasteiger partial charge in [0.2, 0.25) is 0 Å². The summed E-state index contributed by atoms with van der Waals surface area (Å²) < 4.78 is 0. The van der Waals surface area contributed by atoms with Crippen molar-refractivity contribution >= 4 is 0 Å². The van der Waals surface area contributed by atoms with Crippen molar-refractivity contribution in [1.82, 2.24) is 0 Å². The molecule has 0 aromatic heterocycles. The molecular formula is C20H27N. The lowest BCUT2D eigenvalue weighted by Crippen LogP contribution is -2.33. The highest BCUT2D eigenvalue weighted by Crippen LogP contribution is 2.35. The van der Waals surface area contributed by atoms with E-state index < -0.39 is 0 Å². The van der Waals surface area contributed by atoms with Crippen molar-refractivity contribution in [3.8, 4) is 0 Å². The molecule has 1 unspecified atom stereocenters. The topological polar surface area (TPSA) is 26.0 Å². The fraction of sp³-hybridized carbons (Fsp3) is 0.400. The molecule has 0 fully saturated rings. The van der Waals surface area contributed by atoms with E-state index in [4.69, 9.17) is 5.73 Å². The van der Waals surface area contributed by atoms with Gasteiger partial charge in [-0.25, -0.2) is 0 Å². The molecule has 2 aromatic rings.